The molecule has 1 aliphatic carbocycles. The lowest BCUT2D eigenvalue weighted by molar-refractivity contribution is -0.159. The third-order valence-corrected chi connectivity index (χ3v) is 3.73. The molecule has 3 aliphatic rings. The summed E-state index contributed by atoms with van der Waals surface area (Å²) in [6, 6.07) is 0.429. The second kappa shape index (κ2) is 2.72. The summed E-state index contributed by atoms with van der Waals surface area (Å²) < 4.78 is 4.92. The highest BCUT2D eigenvalue weighted by Gasteiger charge is 2.67. The lowest BCUT2D eigenvalue weighted by Gasteiger charge is -2.44. The predicted octanol–water partition coefficient (Wildman–Crippen LogP) is 1.42. The van der Waals surface area contributed by atoms with Gasteiger partial charge >= 0.3 is 5.97 Å². The molecule has 0 aromatic heterocycles. The van der Waals surface area contributed by atoms with E-state index in [-0.39, 0.29) is 11.5 Å². The average Bonchev–Trinajstić information content (AvgIpc) is 2.52. The Morgan fingerprint density at radius 2 is 2.00 bits per heavy atom. The van der Waals surface area contributed by atoms with Crippen molar-refractivity contribution in [3.05, 3.63) is 0 Å². The van der Waals surface area contributed by atoms with Gasteiger partial charge in [-0.25, -0.2) is 0 Å². The molecule has 0 aromatic rings. The summed E-state index contributed by atoms with van der Waals surface area (Å²) >= 11 is 0. The summed E-state index contributed by atoms with van der Waals surface area (Å²) in [7, 11) is 1.49. The van der Waals surface area contributed by atoms with Gasteiger partial charge in [0.25, 0.3) is 0 Å². The second-order valence-electron chi connectivity index (χ2n) is 5.41. The van der Waals surface area contributed by atoms with Gasteiger partial charge in [-0.15, -0.1) is 0 Å². The van der Waals surface area contributed by atoms with Crippen LogP contribution in [0.4, 0.5) is 0 Å². The van der Waals surface area contributed by atoms with Crippen LogP contribution in [0.1, 0.15) is 33.6 Å². The Morgan fingerprint density at radius 3 is 2.43 bits per heavy atom. The van der Waals surface area contributed by atoms with Gasteiger partial charge in [-0.05, 0) is 32.1 Å². The van der Waals surface area contributed by atoms with E-state index in [1.54, 1.807) is 0 Å². The van der Waals surface area contributed by atoms with Crippen LogP contribution in [-0.2, 0) is 9.53 Å². The Kier molecular flexibility index (Phi) is 1.94. The summed E-state index contributed by atoms with van der Waals surface area (Å²) in [6.07, 6.45) is 1.95. The largest absolute Gasteiger partial charge is 0.468 e. The molecule has 1 saturated carbocycles. The van der Waals surface area contributed by atoms with Crippen molar-refractivity contribution in [2.24, 2.45) is 5.41 Å². The van der Waals surface area contributed by atoms with Crippen LogP contribution in [0, 0.1) is 5.41 Å². The summed E-state index contributed by atoms with van der Waals surface area (Å²) in [5.74, 6) is -0.0406. The molecule has 0 amide bonds. The first-order chi connectivity index (χ1) is 6.43. The number of nitrogens with zero attached hydrogens (tertiary/aromatic N) is 1. The van der Waals surface area contributed by atoms with Crippen LogP contribution in [0.15, 0.2) is 0 Å². The van der Waals surface area contributed by atoms with Crippen molar-refractivity contribution in [3.8, 4) is 0 Å². The molecular formula is C11H19NO2. The number of carbonyl (C=O) groups excluding carboxylic acids is 1. The molecule has 0 atom stereocenters. The Labute approximate surface area is 85.4 Å². The minimum absolute atomic E-state index is 0.0406. The van der Waals surface area contributed by atoms with E-state index in [1.807, 2.05) is 0 Å². The number of hydrogen-bond donors (Lipinski definition) is 0. The molecule has 0 unspecified atom stereocenters. The average molecular weight is 197 g/mol. The second-order valence-corrected chi connectivity index (χ2v) is 5.41. The van der Waals surface area contributed by atoms with E-state index in [4.69, 9.17) is 4.74 Å². The van der Waals surface area contributed by atoms with Gasteiger partial charge in [0.1, 0.15) is 5.54 Å². The van der Waals surface area contributed by atoms with Gasteiger partial charge in [0.2, 0.25) is 0 Å². The fraction of sp³-hybridized carbons (Fsp3) is 0.909. The molecule has 80 valence electrons. The number of methoxy groups -OCH3 is 1. The Bertz CT molecular complexity index is 266. The number of ether oxygens (including phenoxy) is 1. The van der Waals surface area contributed by atoms with Crippen molar-refractivity contribution in [2.45, 2.75) is 45.2 Å². The van der Waals surface area contributed by atoms with Gasteiger partial charge in [-0.1, -0.05) is 6.92 Å². The third kappa shape index (κ3) is 1.05. The lowest BCUT2D eigenvalue weighted by atomic mass is 9.63. The van der Waals surface area contributed by atoms with Gasteiger partial charge in [-0.3, -0.25) is 9.69 Å². The fourth-order valence-corrected chi connectivity index (χ4v) is 3.37. The van der Waals surface area contributed by atoms with Gasteiger partial charge in [0.05, 0.1) is 7.11 Å². The summed E-state index contributed by atoms with van der Waals surface area (Å²) in [6.45, 7) is 7.60. The van der Waals surface area contributed by atoms with Crippen LogP contribution < -0.4 is 0 Å². The third-order valence-electron chi connectivity index (χ3n) is 3.73. The smallest absolute Gasteiger partial charge is 0.326 e. The molecule has 0 radical (unpaired) electrons. The van der Waals surface area contributed by atoms with Gasteiger partial charge in [0.15, 0.2) is 0 Å². The molecular weight excluding hydrogens is 178 g/mol. The van der Waals surface area contributed by atoms with Crippen LogP contribution in [0.2, 0.25) is 0 Å². The Morgan fingerprint density at radius 1 is 1.43 bits per heavy atom. The summed E-state index contributed by atoms with van der Waals surface area (Å²) in [5, 5.41) is 0. The minimum atomic E-state index is -0.280. The van der Waals surface area contributed by atoms with Crippen molar-refractivity contribution in [1.82, 2.24) is 4.90 Å². The number of hydrogen-bond acceptors (Lipinski definition) is 3. The van der Waals surface area contributed by atoms with E-state index in [0.717, 1.165) is 19.4 Å². The lowest BCUT2D eigenvalue weighted by Crippen LogP contribution is -2.56. The van der Waals surface area contributed by atoms with Crippen LogP contribution in [-0.4, -0.2) is 36.1 Å². The zero-order valence-corrected chi connectivity index (χ0v) is 9.46. The number of carbonyl (C=O) groups is 1. The molecule has 2 heterocycles. The zero-order chi connectivity index (χ0) is 10.6. The fourth-order valence-electron chi connectivity index (χ4n) is 3.37. The first kappa shape index (κ1) is 9.97. The topological polar surface area (TPSA) is 29.5 Å². The molecule has 0 spiro atoms. The summed E-state index contributed by atoms with van der Waals surface area (Å²) in [4.78, 5) is 14.1. The van der Waals surface area contributed by atoms with E-state index < -0.39 is 0 Å². The van der Waals surface area contributed by atoms with E-state index in [1.165, 1.54) is 7.11 Å². The normalized spacial score (nSPS) is 41.2. The van der Waals surface area contributed by atoms with Crippen LogP contribution in [0.5, 0.6) is 0 Å². The molecule has 0 aromatic carbocycles. The summed E-state index contributed by atoms with van der Waals surface area (Å²) in [5.41, 5.74) is 0.0795. The molecule has 3 heteroatoms. The maximum Gasteiger partial charge on any atom is 0.326 e. The van der Waals surface area contributed by atoms with Crippen molar-refractivity contribution in [1.29, 1.82) is 0 Å². The maximum absolute atomic E-state index is 11.8. The van der Waals surface area contributed by atoms with E-state index in [9.17, 15) is 4.79 Å². The van der Waals surface area contributed by atoms with Crippen molar-refractivity contribution < 1.29 is 9.53 Å². The van der Waals surface area contributed by atoms with Gasteiger partial charge in [-0.2, -0.15) is 0 Å². The van der Waals surface area contributed by atoms with Gasteiger partial charge in [0, 0.05) is 12.6 Å². The number of rotatable bonds is 2. The predicted molar refractivity (Wildman–Crippen MR) is 53.9 cm³/mol. The van der Waals surface area contributed by atoms with E-state index in [0.29, 0.717) is 11.5 Å². The first-order valence-corrected chi connectivity index (χ1v) is 5.29. The van der Waals surface area contributed by atoms with Crippen LogP contribution in [0.25, 0.3) is 0 Å². The molecule has 3 nitrogen and oxygen atoms in total. The molecule has 3 fully saturated rings. The SMILES string of the molecule is COC(=O)C12CC(C)(CN1C(C)C)C2. The highest BCUT2D eigenvalue weighted by atomic mass is 16.5. The molecule has 2 saturated heterocycles. The van der Waals surface area contributed by atoms with E-state index >= 15 is 0 Å². The van der Waals surface area contributed by atoms with Crippen LogP contribution in [0.3, 0.4) is 0 Å². The van der Waals surface area contributed by atoms with Gasteiger partial charge < -0.3 is 4.74 Å². The highest BCUT2D eigenvalue weighted by Crippen LogP contribution is 2.60. The zero-order valence-electron chi connectivity index (χ0n) is 9.46. The molecule has 14 heavy (non-hydrogen) atoms. The molecule has 2 bridgehead atoms. The Hall–Kier alpha value is -0.570. The highest BCUT2D eigenvalue weighted by molar-refractivity contribution is 5.83. The number of esters is 1. The number of fused-ring (bicyclic) bond motifs is 1. The monoisotopic (exact) mass is 197 g/mol. The quantitative estimate of drug-likeness (QED) is 0.627. The Balaban J connectivity index is 2.24. The molecule has 2 aliphatic heterocycles. The van der Waals surface area contributed by atoms with Crippen molar-refractivity contribution >= 4 is 5.97 Å². The molecule has 0 N–H and O–H groups in total. The standard InChI is InChI=1S/C11H19NO2/c1-8(2)12-7-10(3)5-11(12,6-10)9(13)14-4/h8H,5-7H2,1-4H3. The maximum atomic E-state index is 11.8. The van der Waals surface area contributed by atoms with Crippen molar-refractivity contribution in [3.63, 3.8) is 0 Å². The van der Waals surface area contributed by atoms with E-state index in [2.05, 4.69) is 25.7 Å². The first-order valence-electron chi connectivity index (χ1n) is 5.29. The van der Waals surface area contributed by atoms with Crippen molar-refractivity contribution in [2.75, 3.05) is 13.7 Å². The molecule has 3 rings (SSSR count). The van der Waals surface area contributed by atoms with Crippen LogP contribution >= 0.6 is 0 Å². The minimum Gasteiger partial charge on any atom is -0.468 e.